The van der Waals surface area contributed by atoms with Crippen LogP contribution >= 0.6 is 11.5 Å². The predicted molar refractivity (Wildman–Crippen MR) is 109 cm³/mol. The number of hydrogen-bond acceptors (Lipinski definition) is 7. The number of carbonyl (C=O) groups is 2. The van der Waals surface area contributed by atoms with Crippen LogP contribution in [-0.2, 0) is 0 Å². The van der Waals surface area contributed by atoms with Gasteiger partial charge in [-0.15, -0.1) is 5.10 Å². The molecule has 2 amide bonds. The molecule has 0 spiro atoms. The lowest BCUT2D eigenvalue weighted by molar-refractivity contribution is 0.0371. The zero-order valence-electron chi connectivity index (χ0n) is 16.9. The molecule has 0 N–H and O–H groups in total. The van der Waals surface area contributed by atoms with Gasteiger partial charge < -0.3 is 9.80 Å². The van der Waals surface area contributed by atoms with Gasteiger partial charge in [0.1, 0.15) is 10.6 Å². The first-order chi connectivity index (χ1) is 14.0. The molecule has 1 atom stereocenters. The van der Waals surface area contributed by atoms with Crippen molar-refractivity contribution in [1.29, 1.82) is 0 Å². The third-order valence-electron chi connectivity index (χ3n) is 6.03. The number of rotatable bonds is 3. The highest BCUT2D eigenvalue weighted by Crippen LogP contribution is 2.32. The summed E-state index contributed by atoms with van der Waals surface area (Å²) in [6.45, 7) is 5.88. The lowest BCUT2D eigenvalue weighted by atomic mass is 9.83. The summed E-state index contributed by atoms with van der Waals surface area (Å²) in [6.07, 6.45) is 8.22. The molecule has 4 heterocycles. The van der Waals surface area contributed by atoms with Crippen molar-refractivity contribution in [2.45, 2.75) is 52.0 Å². The number of carbonyl (C=O) groups excluding carboxylic acids is 2. The molecule has 0 saturated carbocycles. The molecule has 2 aliphatic heterocycles. The van der Waals surface area contributed by atoms with E-state index >= 15 is 0 Å². The van der Waals surface area contributed by atoms with E-state index in [1.165, 1.54) is 0 Å². The van der Waals surface area contributed by atoms with E-state index in [0.29, 0.717) is 35.3 Å². The monoisotopic (exact) mass is 414 g/mol. The molecule has 2 aromatic heterocycles. The normalized spacial score (nSPS) is 20.7. The van der Waals surface area contributed by atoms with Crippen LogP contribution in [0, 0.1) is 19.8 Å². The van der Waals surface area contributed by atoms with Gasteiger partial charge >= 0.3 is 0 Å². The fraction of sp³-hybridized carbons (Fsp3) is 0.600. The standard InChI is InChI=1S/C20H26N6O2S/c1-13-11-22-16(12-21-13)19(27)26-8-4-3-5-17(26)15-6-9-25(10-7-15)20(28)18-14(2)23-24-29-18/h11-12,15,17H,3-10H2,1-2H3/t17-/m0/s1. The number of aromatic nitrogens is 4. The van der Waals surface area contributed by atoms with Crippen molar-refractivity contribution < 1.29 is 9.59 Å². The number of piperidine rings is 2. The van der Waals surface area contributed by atoms with Crippen molar-refractivity contribution in [2.24, 2.45) is 5.92 Å². The van der Waals surface area contributed by atoms with E-state index in [2.05, 4.69) is 19.6 Å². The second-order valence-electron chi connectivity index (χ2n) is 7.92. The zero-order chi connectivity index (χ0) is 20.4. The minimum atomic E-state index is -0.0212. The molecule has 0 aliphatic carbocycles. The largest absolute Gasteiger partial charge is 0.338 e. The maximum absolute atomic E-state index is 13.1. The molecule has 8 nitrogen and oxygen atoms in total. The Morgan fingerprint density at radius 2 is 1.79 bits per heavy atom. The Morgan fingerprint density at radius 3 is 2.45 bits per heavy atom. The maximum atomic E-state index is 13.1. The fourth-order valence-corrected chi connectivity index (χ4v) is 5.03. The number of aryl methyl sites for hydroxylation is 2. The molecule has 9 heteroatoms. The Hall–Kier alpha value is -2.42. The molecule has 0 radical (unpaired) electrons. The summed E-state index contributed by atoms with van der Waals surface area (Å²) in [5, 5.41) is 3.95. The summed E-state index contributed by atoms with van der Waals surface area (Å²) >= 11 is 1.16. The van der Waals surface area contributed by atoms with Crippen molar-refractivity contribution in [3.63, 3.8) is 0 Å². The smallest absolute Gasteiger partial charge is 0.274 e. The van der Waals surface area contributed by atoms with E-state index in [4.69, 9.17) is 0 Å². The van der Waals surface area contributed by atoms with Crippen LogP contribution in [0.2, 0.25) is 0 Å². The van der Waals surface area contributed by atoms with Crippen LogP contribution in [0.15, 0.2) is 12.4 Å². The molecule has 0 bridgehead atoms. The lowest BCUT2D eigenvalue weighted by Gasteiger charge is -2.43. The molecule has 0 unspecified atom stereocenters. The topological polar surface area (TPSA) is 92.2 Å². The summed E-state index contributed by atoms with van der Waals surface area (Å²) in [7, 11) is 0. The van der Waals surface area contributed by atoms with Gasteiger partial charge in [0.05, 0.1) is 17.6 Å². The van der Waals surface area contributed by atoms with Crippen molar-refractivity contribution in [3.05, 3.63) is 34.4 Å². The molecule has 0 aromatic carbocycles. The van der Waals surface area contributed by atoms with Gasteiger partial charge in [0, 0.05) is 31.9 Å². The molecule has 4 rings (SSSR count). The highest BCUT2D eigenvalue weighted by molar-refractivity contribution is 7.07. The minimum Gasteiger partial charge on any atom is -0.338 e. The van der Waals surface area contributed by atoms with E-state index in [1.54, 1.807) is 12.4 Å². The number of likely N-dealkylation sites (tertiary alicyclic amines) is 2. The summed E-state index contributed by atoms with van der Waals surface area (Å²) in [4.78, 5) is 38.9. The molecule has 2 aromatic rings. The van der Waals surface area contributed by atoms with Gasteiger partial charge in [0.15, 0.2) is 0 Å². The van der Waals surface area contributed by atoms with Crippen LogP contribution in [0.1, 0.15) is 63.7 Å². The summed E-state index contributed by atoms with van der Waals surface area (Å²) in [6, 6.07) is 0.211. The second kappa shape index (κ2) is 8.52. The van der Waals surface area contributed by atoms with E-state index in [1.807, 2.05) is 23.6 Å². The molecule has 2 fully saturated rings. The SMILES string of the molecule is Cc1cnc(C(=O)N2CCCC[C@H]2C2CCN(C(=O)c3snnc3C)CC2)cn1. The average molecular weight is 415 g/mol. The van der Waals surface area contributed by atoms with Gasteiger partial charge in [-0.1, -0.05) is 4.49 Å². The zero-order valence-corrected chi connectivity index (χ0v) is 17.7. The van der Waals surface area contributed by atoms with E-state index in [-0.39, 0.29) is 17.9 Å². The maximum Gasteiger partial charge on any atom is 0.274 e. The number of nitrogens with zero attached hydrogens (tertiary/aromatic N) is 6. The third-order valence-corrected chi connectivity index (χ3v) is 6.84. The molecule has 2 aliphatic rings. The average Bonchev–Trinajstić information content (AvgIpc) is 3.19. The molecular weight excluding hydrogens is 388 g/mol. The van der Waals surface area contributed by atoms with Gasteiger partial charge in [-0.3, -0.25) is 14.6 Å². The minimum absolute atomic E-state index is 0.0212. The molecule has 2 saturated heterocycles. The molecule has 29 heavy (non-hydrogen) atoms. The quantitative estimate of drug-likeness (QED) is 0.766. The second-order valence-corrected chi connectivity index (χ2v) is 8.68. The van der Waals surface area contributed by atoms with Gasteiger partial charge in [-0.05, 0) is 63.4 Å². The van der Waals surface area contributed by atoms with Crippen LogP contribution in [0.5, 0.6) is 0 Å². The van der Waals surface area contributed by atoms with Gasteiger partial charge in [0.25, 0.3) is 11.8 Å². The third kappa shape index (κ3) is 4.14. The van der Waals surface area contributed by atoms with Gasteiger partial charge in [-0.2, -0.15) is 0 Å². The van der Waals surface area contributed by atoms with Crippen LogP contribution in [0.4, 0.5) is 0 Å². The van der Waals surface area contributed by atoms with Crippen molar-refractivity contribution in [1.82, 2.24) is 29.4 Å². The van der Waals surface area contributed by atoms with Gasteiger partial charge in [-0.25, -0.2) is 4.98 Å². The van der Waals surface area contributed by atoms with Crippen molar-refractivity contribution >= 4 is 23.3 Å². The van der Waals surface area contributed by atoms with E-state index in [9.17, 15) is 9.59 Å². The molecular formula is C20H26N6O2S. The number of hydrogen-bond donors (Lipinski definition) is 0. The summed E-state index contributed by atoms with van der Waals surface area (Å²) in [5.41, 5.74) is 1.92. The first-order valence-electron chi connectivity index (χ1n) is 10.2. The van der Waals surface area contributed by atoms with Crippen LogP contribution in [-0.4, -0.2) is 66.8 Å². The lowest BCUT2D eigenvalue weighted by Crippen LogP contribution is -2.51. The Labute approximate surface area is 174 Å². The van der Waals surface area contributed by atoms with E-state index in [0.717, 1.165) is 55.9 Å². The van der Waals surface area contributed by atoms with Crippen molar-refractivity contribution in [3.8, 4) is 0 Å². The van der Waals surface area contributed by atoms with Crippen molar-refractivity contribution in [2.75, 3.05) is 19.6 Å². The summed E-state index contributed by atoms with van der Waals surface area (Å²) < 4.78 is 3.88. The Bertz CT molecular complexity index is 875. The summed E-state index contributed by atoms with van der Waals surface area (Å²) in [5.74, 6) is 0.414. The number of amides is 2. The highest BCUT2D eigenvalue weighted by Gasteiger charge is 2.36. The highest BCUT2D eigenvalue weighted by atomic mass is 32.1. The van der Waals surface area contributed by atoms with Crippen LogP contribution in [0.3, 0.4) is 0 Å². The van der Waals surface area contributed by atoms with Crippen LogP contribution in [0.25, 0.3) is 0 Å². The van der Waals surface area contributed by atoms with Crippen LogP contribution < -0.4 is 0 Å². The van der Waals surface area contributed by atoms with E-state index < -0.39 is 0 Å². The first kappa shape index (κ1) is 19.9. The fourth-order valence-electron chi connectivity index (χ4n) is 4.41. The Morgan fingerprint density at radius 1 is 1.00 bits per heavy atom. The predicted octanol–water partition coefficient (Wildman–Crippen LogP) is 2.49. The molecule has 154 valence electrons. The Kier molecular flexibility index (Phi) is 5.84. The first-order valence-corrected chi connectivity index (χ1v) is 11.0. The van der Waals surface area contributed by atoms with Gasteiger partial charge in [0.2, 0.25) is 0 Å². The Balaban J connectivity index is 1.42.